The van der Waals surface area contributed by atoms with E-state index < -0.39 is 0 Å². The molecule has 23 heavy (non-hydrogen) atoms. The number of hydrogen-bond donors (Lipinski definition) is 1. The quantitative estimate of drug-likeness (QED) is 0.909. The number of carbonyl (C=O) groups is 2. The minimum Gasteiger partial charge on any atom is -0.357 e. The average molecular weight is 315 g/mol. The van der Waals surface area contributed by atoms with Crippen molar-refractivity contribution < 1.29 is 9.59 Å². The lowest BCUT2D eigenvalue weighted by Crippen LogP contribution is -2.41. The smallest absolute Gasteiger partial charge is 0.270 e. The van der Waals surface area contributed by atoms with E-state index in [4.69, 9.17) is 0 Å². The lowest BCUT2D eigenvalue weighted by molar-refractivity contribution is -0.137. The van der Waals surface area contributed by atoms with Gasteiger partial charge in [-0.05, 0) is 49.7 Å². The van der Waals surface area contributed by atoms with Crippen LogP contribution < -0.4 is 0 Å². The second-order valence-corrected chi connectivity index (χ2v) is 7.34. The van der Waals surface area contributed by atoms with Gasteiger partial charge in [-0.25, -0.2) is 0 Å². The molecule has 0 spiro atoms. The zero-order valence-corrected chi connectivity index (χ0v) is 13.5. The van der Waals surface area contributed by atoms with Crippen molar-refractivity contribution in [2.24, 2.45) is 17.8 Å². The van der Waals surface area contributed by atoms with Crippen LogP contribution in [0, 0.1) is 17.8 Å². The van der Waals surface area contributed by atoms with E-state index in [0.717, 1.165) is 31.8 Å². The Bertz CT molecular complexity index is 583. The molecule has 1 aliphatic heterocycles. The van der Waals surface area contributed by atoms with Crippen molar-refractivity contribution in [3.8, 4) is 0 Å². The van der Waals surface area contributed by atoms with Gasteiger partial charge in [0, 0.05) is 38.3 Å². The van der Waals surface area contributed by atoms with E-state index in [9.17, 15) is 9.59 Å². The van der Waals surface area contributed by atoms with E-state index in [-0.39, 0.29) is 11.8 Å². The van der Waals surface area contributed by atoms with Gasteiger partial charge in [-0.1, -0.05) is 6.42 Å². The highest BCUT2D eigenvalue weighted by Gasteiger charge is 2.44. The Morgan fingerprint density at radius 1 is 1.04 bits per heavy atom. The molecule has 0 radical (unpaired) electrons. The number of aromatic nitrogens is 1. The molecule has 1 aromatic heterocycles. The second-order valence-electron chi connectivity index (χ2n) is 7.34. The van der Waals surface area contributed by atoms with Crippen LogP contribution in [-0.2, 0) is 4.79 Å². The molecule has 2 bridgehead atoms. The summed E-state index contributed by atoms with van der Waals surface area (Å²) in [6.45, 7) is 2.85. The summed E-state index contributed by atoms with van der Waals surface area (Å²) in [7, 11) is 0. The number of hydrogen-bond acceptors (Lipinski definition) is 2. The molecule has 2 aliphatic carbocycles. The van der Waals surface area contributed by atoms with Crippen molar-refractivity contribution in [2.45, 2.75) is 32.1 Å². The van der Waals surface area contributed by atoms with Gasteiger partial charge in [0.25, 0.3) is 5.91 Å². The van der Waals surface area contributed by atoms with Crippen LogP contribution in [0.25, 0.3) is 0 Å². The van der Waals surface area contributed by atoms with Crippen LogP contribution in [0.3, 0.4) is 0 Å². The van der Waals surface area contributed by atoms with E-state index in [0.29, 0.717) is 30.6 Å². The summed E-state index contributed by atoms with van der Waals surface area (Å²) in [5.41, 5.74) is 0.637. The molecule has 1 N–H and O–H groups in total. The van der Waals surface area contributed by atoms with Gasteiger partial charge < -0.3 is 14.8 Å². The molecule has 2 heterocycles. The van der Waals surface area contributed by atoms with E-state index in [1.165, 1.54) is 19.3 Å². The summed E-state index contributed by atoms with van der Waals surface area (Å²) in [6, 6.07) is 3.65. The second kappa shape index (κ2) is 6.02. The van der Waals surface area contributed by atoms with Crippen LogP contribution >= 0.6 is 0 Å². The number of nitrogens with zero attached hydrogens (tertiary/aromatic N) is 2. The van der Waals surface area contributed by atoms with Crippen molar-refractivity contribution in [2.75, 3.05) is 26.2 Å². The van der Waals surface area contributed by atoms with Crippen LogP contribution in [-0.4, -0.2) is 52.8 Å². The fourth-order valence-corrected chi connectivity index (χ4v) is 4.76. The summed E-state index contributed by atoms with van der Waals surface area (Å²) in [6.07, 6.45) is 7.58. The van der Waals surface area contributed by atoms with Gasteiger partial charge in [0.15, 0.2) is 0 Å². The van der Waals surface area contributed by atoms with E-state index in [1.807, 2.05) is 21.9 Å². The van der Waals surface area contributed by atoms with Gasteiger partial charge in [-0.2, -0.15) is 0 Å². The fraction of sp³-hybridized carbons (Fsp3) is 0.667. The predicted molar refractivity (Wildman–Crippen MR) is 86.8 cm³/mol. The van der Waals surface area contributed by atoms with Crippen LogP contribution in [0.15, 0.2) is 18.3 Å². The molecule has 4 rings (SSSR count). The van der Waals surface area contributed by atoms with Crippen LogP contribution in [0.5, 0.6) is 0 Å². The number of rotatable bonds is 2. The van der Waals surface area contributed by atoms with E-state index in [2.05, 4.69) is 4.98 Å². The van der Waals surface area contributed by atoms with Gasteiger partial charge in [0.2, 0.25) is 5.91 Å². The summed E-state index contributed by atoms with van der Waals surface area (Å²) in [5, 5.41) is 0. The summed E-state index contributed by atoms with van der Waals surface area (Å²) >= 11 is 0. The molecule has 0 unspecified atom stereocenters. The lowest BCUT2D eigenvalue weighted by Gasteiger charge is -2.28. The van der Waals surface area contributed by atoms with Crippen molar-refractivity contribution >= 4 is 11.8 Å². The molecule has 3 aliphatic rings. The van der Waals surface area contributed by atoms with Crippen LogP contribution in [0.1, 0.15) is 42.6 Å². The summed E-state index contributed by atoms with van der Waals surface area (Å²) < 4.78 is 0. The zero-order valence-electron chi connectivity index (χ0n) is 13.5. The number of amides is 2. The number of fused-ring (bicyclic) bond motifs is 2. The van der Waals surface area contributed by atoms with Gasteiger partial charge in [0.05, 0.1) is 0 Å². The third-order valence-electron chi connectivity index (χ3n) is 5.98. The standard InChI is InChI=1S/C18H25N3O2/c22-17(15-12-13-4-5-14(15)11-13)20-7-2-8-21(10-9-20)18(23)16-3-1-6-19-16/h1,3,6,13-15,19H,2,4-5,7-12H2/t13-,14-,15+/m0/s1. The highest BCUT2D eigenvalue weighted by Crippen LogP contribution is 2.48. The number of H-pyrrole nitrogens is 1. The van der Waals surface area contributed by atoms with E-state index >= 15 is 0 Å². The van der Waals surface area contributed by atoms with Gasteiger partial charge >= 0.3 is 0 Å². The summed E-state index contributed by atoms with van der Waals surface area (Å²) in [4.78, 5) is 32.2. The maximum atomic E-state index is 12.9. The molecule has 5 heteroatoms. The maximum absolute atomic E-state index is 12.9. The summed E-state index contributed by atoms with van der Waals surface area (Å²) in [5.74, 6) is 2.09. The molecule has 3 fully saturated rings. The van der Waals surface area contributed by atoms with Gasteiger partial charge in [0.1, 0.15) is 5.69 Å². The monoisotopic (exact) mass is 315 g/mol. The Kier molecular flexibility index (Phi) is 3.87. The Balaban J connectivity index is 1.37. The largest absolute Gasteiger partial charge is 0.357 e. The predicted octanol–water partition coefficient (Wildman–Crippen LogP) is 2.13. The molecule has 2 saturated carbocycles. The topological polar surface area (TPSA) is 56.4 Å². The molecule has 1 aromatic rings. The highest BCUT2D eigenvalue weighted by atomic mass is 16.2. The van der Waals surface area contributed by atoms with Gasteiger partial charge in [-0.15, -0.1) is 0 Å². The molecule has 124 valence electrons. The van der Waals surface area contributed by atoms with E-state index in [1.54, 1.807) is 6.20 Å². The third-order valence-corrected chi connectivity index (χ3v) is 5.98. The Morgan fingerprint density at radius 2 is 1.87 bits per heavy atom. The average Bonchev–Trinajstić information content (AvgIpc) is 3.28. The third kappa shape index (κ3) is 2.77. The molecule has 5 nitrogen and oxygen atoms in total. The molecule has 1 saturated heterocycles. The van der Waals surface area contributed by atoms with Crippen molar-refractivity contribution in [1.82, 2.24) is 14.8 Å². The van der Waals surface area contributed by atoms with Crippen molar-refractivity contribution in [3.05, 3.63) is 24.0 Å². The first-order valence-corrected chi connectivity index (χ1v) is 8.94. The zero-order chi connectivity index (χ0) is 15.8. The first kappa shape index (κ1) is 14.8. The first-order chi connectivity index (χ1) is 11.2. The fourth-order valence-electron chi connectivity index (χ4n) is 4.76. The SMILES string of the molecule is O=C(c1ccc[nH]1)N1CCCN(C(=O)[C@@H]2C[C@H]3CC[C@H]2C3)CC1. The molecule has 3 atom stereocenters. The number of carbonyl (C=O) groups excluding carboxylic acids is 2. The Labute approximate surface area is 137 Å². The molecular weight excluding hydrogens is 290 g/mol. The number of aromatic amines is 1. The minimum atomic E-state index is 0.0456. The van der Waals surface area contributed by atoms with Crippen molar-refractivity contribution in [3.63, 3.8) is 0 Å². The van der Waals surface area contributed by atoms with Gasteiger partial charge in [-0.3, -0.25) is 9.59 Å². The maximum Gasteiger partial charge on any atom is 0.270 e. The van der Waals surface area contributed by atoms with Crippen molar-refractivity contribution in [1.29, 1.82) is 0 Å². The normalized spacial score (nSPS) is 30.5. The Morgan fingerprint density at radius 3 is 2.57 bits per heavy atom. The Hall–Kier alpha value is -1.78. The first-order valence-electron chi connectivity index (χ1n) is 8.94. The molecule has 0 aromatic carbocycles. The molecular formula is C18H25N3O2. The molecule has 2 amide bonds. The van der Waals surface area contributed by atoms with Crippen LogP contribution in [0.2, 0.25) is 0 Å². The number of nitrogens with one attached hydrogen (secondary N) is 1. The lowest BCUT2D eigenvalue weighted by atomic mass is 9.87. The highest BCUT2D eigenvalue weighted by molar-refractivity contribution is 5.92. The minimum absolute atomic E-state index is 0.0456. The van der Waals surface area contributed by atoms with Crippen LogP contribution in [0.4, 0.5) is 0 Å².